The first-order chi connectivity index (χ1) is 17.9. The summed E-state index contributed by atoms with van der Waals surface area (Å²) in [6, 6.07) is 20.4. The number of nitrogens with zero attached hydrogens (tertiary/aromatic N) is 1. The second-order valence-electron chi connectivity index (χ2n) is 8.54. The van der Waals surface area contributed by atoms with Crippen molar-refractivity contribution in [2.24, 2.45) is 0 Å². The van der Waals surface area contributed by atoms with Crippen LogP contribution in [-0.2, 0) is 16.0 Å². The maximum Gasteiger partial charge on any atom is 0.412 e. The van der Waals surface area contributed by atoms with Crippen molar-refractivity contribution in [2.75, 3.05) is 12.1 Å². The Morgan fingerprint density at radius 3 is 2.43 bits per heavy atom. The Morgan fingerprint density at radius 1 is 1.00 bits per heavy atom. The summed E-state index contributed by atoms with van der Waals surface area (Å²) in [5.41, 5.74) is 4.70. The molecule has 4 aromatic rings. The molecule has 1 aliphatic rings. The molecular weight excluding hydrogens is 476 g/mol. The van der Waals surface area contributed by atoms with Crippen LogP contribution in [0.1, 0.15) is 29.8 Å². The smallest absolute Gasteiger partial charge is 0.412 e. The lowest BCUT2D eigenvalue weighted by Crippen LogP contribution is -2.16. The zero-order chi connectivity index (χ0) is 25.9. The predicted molar refractivity (Wildman–Crippen MR) is 135 cm³/mol. The number of carbonyl (C=O) groups is 2. The topological polar surface area (TPSA) is 120 Å². The van der Waals surface area contributed by atoms with Crippen molar-refractivity contribution in [3.8, 4) is 33.9 Å². The molecule has 0 fully saturated rings. The van der Waals surface area contributed by atoms with E-state index in [-0.39, 0.29) is 13.2 Å². The predicted octanol–water partition coefficient (Wildman–Crippen LogP) is 5.98. The molecule has 0 radical (unpaired) electrons. The highest BCUT2D eigenvalue weighted by Gasteiger charge is 2.24. The third-order valence-corrected chi connectivity index (χ3v) is 6.04. The number of carboxylic acids is 1. The van der Waals surface area contributed by atoms with Gasteiger partial charge in [0.1, 0.15) is 17.5 Å². The molecule has 2 heterocycles. The molecule has 3 aromatic carbocycles. The molecule has 9 heteroatoms. The van der Waals surface area contributed by atoms with E-state index in [9.17, 15) is 9.59 Å². The lowest BCUT2D eigenvalue weighted by atomic mass is 9.98. The highest BCUT2D eigenvalue weighted by Crippen LogP contribution is 2.44. The van der Waals surface area contributed by atoms with Gasteiger partial charge in [-0.3, -0.25) is 10.1 Å². The fraction of sp³-hybridized carbons (Fsp3) is 0.179. The number of fused-ring (bicyclic) bond motifs is 1. The number of aliphatic carboxylic acids is 1. The van der Waals surface area contributed by atoms with Crippen LogP contribution in [0.4, 0.5) is 10.5 Å². The summed E-state index contributed by atoms with van der Waals surface area (Å²) in [5.74, 6) is 0.416. The minimum Gasteiger partial charge on any atom is -0.481 e. The van der Waals surface area contributed by atoms with Gasteiger partial charge in [-0.2, -0.15) is 0 Å². The molecule has 188 valence electrons. The van der Waals surface area contributed by atoms with Gasteiger partial charge in [0.15, 0.2) is 17.3 Å². The summed E-state index contributed by atoms with van der Waals surface area (Å²) >= 11 is 0. The number of ether oxygens (including phenoxy) is 3. The van der Waals surface area contributed by atoms with Gasteiger partial charge in [-0.05, 0) is 25.0 Å². The highest BCUT2D eigenvalue weighted by atomic mass is 16.7. The third-order valence-electron chi connectivity index (χ3n) is 6.04. The number of hydrogen-bond donors (Lipinski definition) is 2. The maximum absolute atomic E-state index is 12.6. The van der Waals surface area contributed by atoms with E-state index in [1.165, 1.54) is 0 Å². The second kappa shape index (κ2) is 10.1. The Balaban J connectivity index is 1.36. The molecular formula is C28H24N2O7. The number of carbonyl (C=O) groups excluding carboxylic acids is 1. The van der Waals surface area contributed by atoms with Crippen LogP contribution in [-0.4, -0.2) is 29.1 Å². The Kier molecular flexibility index (Phi) is 6.51. The van der Waals surface area contributed by atoms with Crippen LogP contribution in [0.15, 0.2) is 71.3 Å². The van der Waals surface area contributed by atoms with Crippen molar-refractivity contribution in [3.63, 3.8) is 0 Å². The SMILES string of the molecule is Cc1noc(-c2ccc(-c3ccc(CC(=O)O)c4c3OCO4)cc2)c1NC(=O)OC(C)c1ccccc1. The van der Waals surface area contributed by atoms with Gasteiger partial charge < -0.3 is 23.8 Å². The summed E-state index contributed by atoms with van der Waals surface area (Å²) in [6.07, 6.45) is -1.20. The minimum absolute atomic E-state index is 0.0302. The molecule has 0 spiro atoms. The van der Waals surface area contributed by atoms with Crippen LogP contribution in [0.5, 0.6) is 11.5 Å². The van der Waals surface area contributed by atoms with Crippen LogP contribution >= 0.6 is 0 Å². The Bertz CT molecular complexity index is 1450. The lowest BCUT2D eigenvalue weighted by Gasteiger charge is -2.14. The van der Waals surface area contributed by atoms with Gasteiger partial charge in [0.05, 0.1) is 6.42 Å². The van der Waals surface area contributed by atoms with Crippen molar-refractivity contribution in [2.45, 2.75) is 26.4 Å². The van der Waals surface area contributed by atoms with Crippen LogP contribution in [0.3, 0.4) is 0 Å². The number of aryl methyl sites for hydroxylation is 1. The molecule has 9 nitrogen and oxygen atoms in total. The first-order valence-electron chi connectivity index (χ1n) is 11.6. The molecule has 37 heavy (non-hydrogen) atoms. The molecule has 2 N–H and O–H groups in total. The summed E-state index contributed by atoms with van der Waals surface area (Å²) in [5, 5.41) is 15.9. The Hall–Kier alpha value is -4.79. The third kappa shape index (κ3) is 4.97. The fourth-order valence-electron chi connectivity index (χ4n) is 4.18. The summed E-state index contributed by atoms with van der Waals surface area (Å²) in [4.78, 5) is 23.8. The standard InChI is InChI=1S/C28H24N2O7/c1-16-24(29-28(33)36-17(2)18-6-4-3-5-7-18)25(37-30-16)20-10-8-19(9-11-20)22-13-12-21(14-23(31)32)26-27(22)35-15-34-26/h3-13,17H,14-15H2,1-2H3,(H,29,33)(H,31,32). The number of benzene rings is 3. The van der Waals surface area contributed by atoms with Crippen molar-refractivity contribution in [1.29, 1.82) is 0 Å². The maximum atomic E-state index is 12.6. The number of anilines is 1. The molecule has 0 aliphatic carbocycles. The molecule has 0 bridgehead atoms. The first kappa shape index (κ1) is 23.9. The summed E-state index contributed by atoms with van der Waals surface area (Å²) in [6.45, 7) is 3.56. The Labute approximate surface area is 212 Å². The van der Waals surface area contributed by atoms with E-state index in [4.69, 9.17) is 23.8 Å². The van der Waals surface area contributed by atoms with E-state index in [1.54, 1.807) is 19.9 Å². The van der Waals surface area contributed by atoms with E-state index in [2.05, 4.69) is 10.5 Å². The van der Waals surface area contributed by atoms with Crippen LogP contribution in [0, 0.1) is 6.92 Å². The fourth-order valence-corrected chi connectivity index (χ4v) is 4.18. The number of carboxylic acid groups (broad SMARTS) is 1. The van der Waals surface area contributed by atoms with Crippen molar-refractivity contribution >= 4 is 17.7 Å². The average molecular weight is 501 g/mol. The summed E-state index contributed by atoms with van der Waals surface area (Å²) in [7, 11) is 0. The van der Waals surface area contributed by atoms with Crippen molar-refractivity contribution < 1.29 is 33.4 Å². The van der Waals surface area contributed by atoms with E-state index in [1.807, 2.05) is 60.7 Å². The van der Waals surface area contributed by atoms with Gasteiger partial charge in [-0.15, -0.1) is 0 Å². The van der Waals surface area contributed by atoms with E-state index in [0.717, 1.165) is 16.7 Å². The zero-order valence-corrected chi connectivity index (χ0v) is 20.2. The van der Waals surface area contributed by atoms with Crippen molar-refractivity contribution in [1.82, 2.24) is 5.16 Å². The molecule has 1 unspecified atom stereocenters. The van der Waals surface area contributed by atoms with Crippen LogP contribution < -0.4 is 14.8 Å². The van der Waals surface area contributed by atoms with E-state index >= 15 is 0 Å². The second-order valence-corrected chi connectivity index (χ2v) is 8.54. The lowest BCUT2D eigenvalue weighted by molar-refractivity contribution is -0.136. The molecule has 0 saturated heterocycles. The van der Waals surface area contributed by atoms with E-state index < -0.39 is 18.2 Å². The van der Waals surface area contributed by atoms with Crippen molar-refractivity contribution in [3.05, 3.63) is 83.6 Å². The monoisotopic (exact) mass is 500 g/mol. The van der Waals surface area contributed by atoms with Gasteiger partial charge in [-0.1, -0.05) is 71.9 Å². The van der Waals surface area contributed by atoms with Gasteiger partial charge in [0, 0.05) is 16.7 Å². The zero-order valence-electron chi connectivity index (χ0n) is 20.2. The molecule has 5 rings (SSSR count). The molecule has 0 saturated carbocycles. The van der Waals surface area contributed by atoms with Gasteiger partial charge in [0.25, 0.3) is 0 Å². The quantitative estimate of drug-likeness (QED) is 0.318. The summed E-state index contributed by atoms with van der Waals surface area (Å²) < 4.78 is 22.2. The number of aromatic nitrogens is 1. The van der Waals surface area contributed by atoms with E-state index in [0.29, 0.717) is 39.8 Å². The van der Waals surface area contributed by atoms with Gasteiger partial charge in [-0.25, -0.2) is 4.79 Å². The van der Waals surface area contributed by atoms with Gasteiger partial charge >= 0.3 is 12.1 Å². The van der Waals surface area contributed by atoms with Gasteiger partial charge in [0.2, 0.25) is 6.79 Å². The largest absolute Gasteiger partial charge is 0.481 e. The minimum atomic E-state index is -0.944. The number of amides is 1. The van der Waals surface area contributed by atoms with Crippen LogP contribution in [0.2, 0.25) is 0 Å². The number of nitrogens with one attached hydrogen (secondary N) is 1. The number of hydrogen-bond acceptors (Lipinski definition) is 7. The first-order valence-corrected chi connectivity index (χ1v) is 11.6. The molecule has 1 atom stereocenters. The highest BCUT2D eigenvalue weighted by molar-refractivity contribution is 5.91. The normalized spacial score (nSPS) is 12.7. The Morgan fingerprint density at radius 2 is 1.70 bits per heavy atom. The van der Waals surface area contributed by atoms with Crippen LogP contribution in [0.25, 0.3) is 22.5 Å². The molecule has 1 aromatic heterocycles. The average Bonchev–Trinajstić information content (AvgIpc) is 3.52. The number of rotatable bonds is 7. The molecule has 1 aliphatic heterocycles. The molecule has 1 amide bonds.